The van der Waals surface area contributed by atoms with Crippen molar-refractivity contribution < 1.29 is 19.0 Å². The average molecular weight is 457 g/mol. The molecule has 1 amide bonds. The highest BCUT2D eigenvalue weighted by Crippen LogP contribution is 2.37. The van der Waals surface area contributed by atoms with E-state index in [1.54, 1.807) is 34.2 Å². The van der Waals surface area contributed by atoms with Gasteiger partial charge in [0.25, 0.3) is 5.56 Å². The molecule has 0 saturated heterocycles. The third-order valence-corrected chi connectivity index (χ3v) is 7.15. The van der Waals surface area contributed by atoms with Gasteiger partial charge in [-0.25, -0.2) is 4.79 Å². The van der Waals surface area contributed by atoms with Gasteiger partial charge in [0.1, 0.15) is 0 Å². The lowest BCUT2D eigenvalue weighted by molar-refractivity contribution is 0.196. The number of hydrogen-bond acceptors (Lipinski definition) is 6. The normalized spacial score (nSPS) is 15.1. The lowest BCUT2D eigenvalue weighted by Gasteiger charge is -2.20. The number of carbonyl (C=O) groups is 1. The lowest BCUT2D eigenvalue weighted by Crippen LogP contribution is -2.31. The van der Waals surface area contributed by atoms with Crippen molar-refractivity contribution in [1.82, 2.24) is 9.88 Å². The van der Waals surface area contributed by atoms with Gasteiger partial charge in [-0.3, -0.25) is 4.79 Å². The molecule has 1 N–H and O–H groups in total. The van der Waals surface area contributed by atoms with Gasteiger partial charge >= 0.3 is 6.09 Å². The first-order valence-electron chi connectivity index (χ1n) is 10.9. The van der Waals surface area contributed by atoms with Crippen LogP contribution in [0.4, 0.5) is 4.79 Å². The fraction of sp³-hybridized carbons (Fsp3) is 0.417. The monoisotopic (exact) mass is 456 g/mol. The Hall–Kier alpha value is -3.00. The summed E-state index contributed by atoms with van der Waals surface area (Å²) >= 11 is 1.71. The van der Waals surface area contributed by atoms with Crippen LogP contribution in [0.2, 0.25) is 0 Å². The van der Waals surface area contributed by atoms with Crippen LogP contribution in [0, 0.1) is 0 Å². The standard InChI is InChI=1S/C24H28N2O5S/c1-5-14(6-2)26-13-21(16-11-19(29-3)20(30-4)12-17(16)23(26)27)31-24(28)25-18-7-8-22-15(18)9-10-32-22/h9-14,18H,5-8H2,1-4H3,(H,25,28). The molecule has 7 nitrogen and oxygen atoms in total. The molecule has 4 rings (SSSR count). The van der Waals surface area contributed by atoms with Crippen molar-refractivity contribution in [2.24, 2.45) is 0 Å². The number of nitrogens with zero attached hydrogens (tertiary/aromatic N) is 1. The Kier molecular flexibility index (Phi) is 6.41. The molecule has 2 heterocycles. The van der Waals surface area contributed by atoms with Crippen molar-refractivity contribution in [1.29, 1.82) is 0 Å². The van der Waals surface area contributed by atoms with Crippen molar-refractivity contribution in [3.05, 3.63) is 50.6 Å². The Morgan fingerprint density at radius 1 is 1.16 bits per heavy atom. The molecular weight excluding hydrogens is 428 g/mol. The van der Waals surface area contributed by atoms with Gasteiger partial charge < -0.3 is 24.1 Å². The number of carbonyl (C=O) groups excluding carboxylic acids is 1. The van der Waals surface area contributed by atoms with E-state index in [-0.39, 0.29) is 17.6 Å². The van der Waals surface area contributed by atoms with Gasteiger partial charge in [-0.05, 0) is 54.8 Å². The summed E-state index contributed by atoms with van der Waals surface area (Å²) < 4.78 is 18.3. The molecule has 1 atom stereocenters. The molecule has 1 aromatic carbocycles. The summed E-state index contributed by atoms with van der Waals surface area (Å²) in [6.45, 7) is 4.07. The fourth-order valence-electron chi connectivity index (χ4n) is 4.40. The van der Waals surface area contributed by atoms with Gasteiger partial charge in [-0.2, -0.15) is 0 Å². The highest BCUT2D eigenvalue weighted by Gasteiger charge is 2.26. The third-order valence-electron chi connectivity index (χ3n) is 6.16. The van der Waals surface area contributed by atoms with Crippen LogP contribution in [0.5, 0.6) is 17.2 Å². The number of nitrogens with one attached hydrogen (secondary N) is 1. The summed E-state index contributed by atoms with van der Waals surface area (Å²) in [5.74, 6) is 1.22. The summed E-state index contributed by atoms with van der Waals surface area (Å²) in [5, 5.41) is 5.95. The first-order chi connectivity index (χ1) is 15.5. The maximum Gasteiger partial charge on any atom is 0.413 e. The topological polar surface area (TPSA) is 78.8 Å². The molecule has 1 unspecified atom stereocenters. The minimum Gasteiger partial charge on any atom is -0.493 e. The Morgan fingerprint density at radius 3 is 2.50 bits per heavy atom. The predicted molar refractivity (Wildman–Crippen MR) is 125 cm³/mol. The molecule has 1 aliphatic carbocycles. The molecular formula is C24H28N2O5S. The van der Waals surface area contributed by atoms with E-state index in [0.717, 1.165) is 31.2 Å². The van der Waals surface area contributed by atoms with Crippen LogP contribution in [0.15, 0.2) is 34.6 Å². The van der Waals surface area contributed by atoms with Crippen molar-refractivity contribution in [3.63, 3.8) is 0 Å². The Labute approximate surface area is 190 Å². The van der Waals surface area contributed by atoms with Crippen LogP contribution in [0.25, 0.3) is 10.8 Å². The van der Waals surface area contributed by atoms with Crippen LogP contribution in [0.1, 0.15) is 55.6 Å². The summed E-state index contributed by atoms with van der Waals surface area (Å²) in [6, 6.07) is 5.32. The van der Waals surface area contributed by atoms with Crippen LogP contribution < -0.4 is 25.1 Å². The summed E-state index contributed by atoms with van der Waals surface area (Å²) in [4.78, 5) is 27.5. The van der Waals surface area contributed by atoms with Gasteiger partial charge in [0.05, 0.1) is 31.8 Å². The maximum absolute atomic E-state index is 13.3. The first kappa shape index (κ1) is 22.2. The molecule has 8 heteroatoms. The van der Waals surface area contributed by atoms with Crippen LogP contribution in [-0.4, -0.2) is 24.9 Å². The van der Waals surface area contributed by atoms with Crippen molar-refractivity contribution in [2.75, 3.05) is 14.2 Å². The number of benzene rings is 1. The predicted octanol–water partition coefficient (Wildman–Crippen LogP) is 5.22. The third kappa shape index (κ3) is 3.95. The molecule has 0 bridgehead atoms. The number of rotatable bonds is 7. The van der Waals surface area contributed by atoms with Crippen LogP contribution in [-0.2, 0) is 6.42 Å². The molecule has 0 radical (unpaired) electrons. The SMILES string of the molecule is CCC(CC)n1cc(OC(=O)NC2CCc3sccc32)c2cc(OC)c(OC)cc2c1=O. The van der Waals surface area contributed by atoms with E-state index in [9.17, 15) is 9.59 Å². The quantitative estimate of drug-likeness (QED) is 0.528. The zero-order valence-corrected chi connectivity index (χ0v) is 19.6. The highest BCUT2D eigenvalue weighted by molar-refractivity contribution is 7.10. The van der Waals surface area contributed by atoms with Crippen LogP contribution in [0.3, 0.4) is 0 Å². The highest BCUT2D eigenvalue weighted by atomic mass is 32.1. The molecule has 32 heavy (non-hydrogen) atoms. The van der Waals surface area contributed by atoms with E-state index in [1.165, 1.54) is 19.1 Å². The molecule has 170 valence electrons. The molecule has 0 saturated carbocycles. The Balaban J connectivity index is 1.75. The number of pyridine rings is 1. The van der Waals surface area contributed by atoms with E-state index in [1.807, 2.05) is 19.2 Å². The number of fused-ring (bicyclic) bond motifs is 2. The second-order valence-electron chi connectivity index (χ2n) is 7.85. The first-order valence-corrected chi connectivity index (χ1v) is 11.7. The molecule has 3 aromatic rings. The second kappa shape index (κ2) is 9.24. The average Bonchev–Trinajstić information content (AvgIpc) is 3.41. The number of ether oxygens (including phenoxy) is 3. The number of thiophene rings is 1. The lowest BCUT2D eigenvalue weighted by atomic mass is 10.1. The van der Waals surface area contributed by atoms with Crippen molar-refractivity contribution >= 4 is 28.2 Å². The number of hydrogen-bond donors (Lipinski definition) is 1. The Morgan fingerprint density at radius 2 is 1.84 bits per heavy atom. The summed E-state index contributed by atoms with van der Waals surface area (Å²) in [7, 11) is 3.05. The smallest absolute Gasteiger partial charge is 0.413 e. The fourth-order valence-corrected chi connectivity index (χ4v) is 5.37. The van der Waals surface area contributed by atoms with E-state index in [4.69, 9.17) is 14.2 Å². The molecule has 0 fully saturated rings. The molecule has 0 aliphatic heterocycles. The largest absolute Gasteiger partial charge is 0.493 e. The molecule has 0 spiro atoms. The van der Waals surface area contributed by atoms with E-state index >= 15 is 0 Å². The van der Waals surface area contributed by atoms with Crippen LogP contribution >= 0.6 is 11.3 Å². The van der Waals surface area contributed by atoms with E-state index in [0.29, 0.717) is 28.0 Å². The van der Waals surface area contributed by atoms with Gasteiger partial charge in [0.15, 0.2) is 17.2 Å². The van der Waals surface area contributed by atoms with Gasteiger partial charge in [0, 0.05) is 16.3 Å². The zero-order valence-electron chi connectivity index (χ0n) is 18.8. The number of aryl methyl sites for hydroxylation is 1. The summed E-state index contributed by atoms with van der Waals surface area (Å²) in [5.41, 5.74) is 1.01. The molecule has 1 aliphatic rings. The van der Waals surface area contributed by atoms with Crippen molar-refractivity contribution in [3.8, 4) is 17.2 Å². The van der Waals surface area contributed by atoms with Crippen molar-refractivity contribution in [2.45, 2.75) is 51.6 Å². The Bertz CT molecular complexity index is 1200. The van der Waals surface area contributed by atoms with E-state index in [2.05, 4.69) is 11.4 Å². The maximum atomic E-state index is 13.3. The number of aromatic nitrogens is 1. The van der Waals surface area contributed by atoms with E-state index < -0.39 is 6.09 Å². The summed E-state index contributed by atoms with van der Waals surface area (Å²) in [6.07, 6.45) is 4.47. The minimum atomic E-state index is -0.542. The van der Waals surface area contributed by atoms with Gasteiger partial charge in [-0.1, -0.05) is 13.8 Å². The van der Waals surface area contributed by atoms with Gasteiger partial charge in [-0.15, -0.1) is 11.3 Å². The van der Waals surface area contributed by atoms with Gasteiger partial charge in [0.2, 0.25) is 0 Å². The number of methoxy groups -OCH3 is 2. The minimum absolute atomic E-state index is 0.00592. The second-order valence-corrected chi connectivity index (χ2v) is 8.85. The number of amides is 1. The zero-order chi connectivity index (χ0) is 22.8. The molecule has 2 aromatic heterocycles.